The summed E-state index contributed by atoms with van der Waals surface area (Å²) in [4.78, 5) is 4.34. The van der Waals surface area contributed by atoms with Gasteiger partial charge in [-0.25, -0.2) is 0 Å². The average Bonchev–Trinajstić information content (AvgIpc) is 3.15. The lowest BCUT2D eigenvalue weighted by atomic mass is 9.69. The van der Waals surface area contributed by atoms with E-state index < -0.39 is 34.3 Å². The van der Waals surface area contributed by atoms with Crippen molar-refractivity contribution in [2.45, 2.75) is 91.4 Å². The third-order valence-electron chi connectivity index (χ3n) is 9.65. The first kappa shape index (κ1) is 35.7. The maximum Gasteiger partial charge on any atom is 0.416 e. The minimum atomic E-state index is -4.42. The van der Waals surface area contributed by atoms with Crippen molar-refractivity contribution in [2.75, 3.05) is 29.4 Å². The molecule has 0 aromatic heterocycles. The van der Waals surface area contributed by atoms with Crippen molar-refractivity contribution in [3.8, 4) is 0 Å². The smallest absolute Gasteiger partial charge is 0.371 e. The molecule has 1 unspecified atom stereocenters. The van der Waals surface area contributed by atoms with E-state index in [1.807, 2.05) is 52.0 Å². The normalized spacial score (nSPS) is 20.5. The van der Waals surface area contributed by atoms with E-state index in [1.165, 1.54) is 18.2 Å². The maximum absolute atomic E-state index is 13.7. The van der Waals surface area contributed by atoms with Gasteiger partial charge in [0.25, 0.3) is 0 Å². The van der Waals surface area contributed by atoms with Crippen molar-refractivity contribution >= 4 is 11.4 Å². The predicted molar refractivity (Wildman–Crippen MR) is 177 cm³/mol. The van der Waals surface area contributed by atoms with Crippen LogP contribution in [-0.4, -0.2) is 19.6 Å². The summed E-state index contributed by atoms with van der Waals surface area (Å²) in [6.07, 6.45) is 2.79. The number of benzene rings is 2. The average molecular weight is 647 g/mol. The van der Waals surface area contributed by atoms with Crippen LogP contribution in [0.15, 0.2) is 72.5 Å². The van der Waals surface area contributed by atoms with Gasteiger partial charge >= 0.3 is 12.4 Å². The standard InChI is InChI=1S/C38H48F6N2/c1-25(2)18-20-45-24-29(35(5,6)30-22-27(37(39,40)41)14-16-32(30)45)12-10-9-11-13-34-36(7,8)31-23-28(38(42,43)44)15-17-33(31)46(34)21-19-26(3)4/h9-17,22-23,25-26,29H,18-21,24H2,1-8H3/b11-9+,12-10+,34-13+. The van der Waals surface area contributed by atoms with Gasteiger partial charge in [0.1, 0.15) is 0 Å². The van der Waals surface area contributed by atoms with Crippen molar-refractivity contribution in [2.24, 2.45) is 17.8 Å². The van der Waals surface area contributed by atoms with E-state index in [-0.39, 0.29) is 5.92 Å². The van der Waals surface area contributed by atoms with Crippen LogP contribution in [0.1, 0.15) is 90.5 Å². The molecule has 4 rings (SSSR count). The second kappa shape index (κ2) is 13.2. The monoisotopic (exact) mass is 646 g/mol. The van der Waals surface area contributed by atoms with E-state index in [0.29, 0.717) is 36.1 Å². The van der Waals surface area contributed by atoms with E-state index >= 15 is 0 Å². The highest BCUT2D eigenvalue weighted by Gasteiger charge is 2.43. The molecule has 0 spiro atoms. The molecule has 0 bridgehead atoms. The molecule has 1 atom stereocenters. The molecule has 0 N–H and O–H groups in total. The highest BCUT2D eigenvalue weighted by molar-refractivity contribution is 5.71. The highest BCUT2D eigenvalue weighted by atomic mass is 19.4. The number of halogens is 6. The molecule has 2 aliphatic rings. The molecule has 0 fully saturated rings. The Morgan fingerprint density at radius 3 is 1.85 bits per heavy atom. The van der Waals surface area contributed by atoms with Crippen molar-refractivity contribution < 1.29 is 26.3 Å². The molecule has 0 saturated heterocycles. The van der Waals surface area contributed by atoms with Gasteiger partial charge in [0.05, 0.1) is 11.1 Å². The minimum absolute atomic E-state index is 0.0385. The zero-order chi connectivity index (χ0) is 34.2. The third kappa shape index (κ3) is 7.52. The summed E-state index contributed by atoms with van der Waals surface area (Å²) in [7, 11) is 0. The number of hydrogen-bond donors (Lipinski definition) is 0. The molecule has 2 heterocycles. The fourth-order valence-electron chi connectivity index (χ4n) is 6.58. The highest BCUT2D eigenvalue weighted by Crippen LogP contribution is 2.50. The Labute approximate surface area is 270 Å². The SMILES string of the molecule is CC(C)CCN1CC(/C=C/C=C/C=C2/N(CCC(C)C)c3ccc(C(F)(F)F)cc3C2(C)C)C(C)(C)c2cc(C(F)(F)F)ccc21. The van der Waals surface area contributed by atoms with E-state index in [2.05, 4.69) is 43.6 Å². The molecule has 8 heteroatoms. The van der Waals surface area contributed by atoms with E-state index in [4.69, 9.17) is 0 Å². The Bertz CT molecular complexity index is 1470. The summed E-state index contributed by atoms with van der Waals surface area (Å²) in [6, 6.07) is 8.14. The number of nitrogens with zero attached hydrogens (tertiary/aromatic N) is 2. The molecule has 2 aromatic rings. The van der Waals surface area contributed by atoms with Gasteiger partial charge in [-0.05, 0) is 83.7 Å². The van der Waals surface area contributed by atoms with Crippen LogP contribution in [0, 0.1) is 17.8 Å². The van der Waals surface area contributed by atoms with E-state index in [9.17, 15) is 26.3 Å². The Kier molecular flexibility index (Phi) is 10.2. The topological polar surface area (TPSA) is 6.48 Å². The summed E-state index contributed by atoms with van der Waals surface area (Å²) >= 11 is 0. The van der Waals surface area contributed by atoms with Gasteiger partial charge in [0, 0.05) is 48.0 Å². The molecule has 2 nitrogen and oxygen atoms in total. The predicted octanol–water partition coefficient (Wildman–Crippen LogP) is 11.3. The van der Waals surface area contributed by atoms with Crippen LogP contribution in [0.5, 0.6) is 0 Å². The first-order chi connectivity index (χ1) is 21.2. The van der Waals surface area contributed by atoms with Crippen LogP contribution in [0.4, 0.5) is 37.7 Å². The number of rotatable bonds is 9. The Morgan fingerprint density at radius 2 is 1.28 bits per heavy atom. The van der Waals surface area contributed by atoms with Crippen molar-refractivity contribution in [1.29, 1.82) is 0 Å². The van der Waals surface area contributed by atoms with Crippen molar-refractivity contribution in [1.82, 2.24) is 0 Å². The molecule has 0 amide bonds. The van der Waals surface area contributed by atoms with Gasteiger partial charge in [-0.3, -0.25) is 0 Å². The second-order valence-corrected chi connectivity index (χ2v) is 14.7. The van der Waals surface area contributed by atoms with Gasteiger partial charge in [-0.1, -0.05) is 79.7 Å². The molecule has 0 radical (unpaired) electrons. The summed E-state index contributed by atoms with van der Waals surface area (Å²) < 4.78 is 81.9. The minimum Gasteiger partial charge on any atom is -0.371 e. The Hall–Kier alpha value is -3.16. The van der Waals surface area contributed by atoms with Gasteiger partial charge in [0.15, 0.2) is 0 Å². The maximum atomic E-state index is 13.7. The fourth-order valence-corrected chi connectivity index (χ4v) is 6.58. The van der Waals surface area contributed by atoms with Gasteiger partial charge in [-0.15, -0.1) is 0 Å². The molecule has 252 valence electrons. The van der Waals surface area contributed by atoms with Gasteiger partial charge < -0.3 is 9.80 Å². The van der Waals surface area contributed by atoms with Gasteiger partial charge in [-0.2, -0.15) is 26.3 Å². The van der Waals surface area contributed by atoms with Crippen LogP contribution in [0.2, 0.25) is 0 Å². The molecule has 0 saturated carbocycles. The zero-order valence-electron chi connectivity index (χ0n) is 28.3. The molecular weight excluding hydrogens is 598 g/mol. The lowest BCUT2D eigenvalue weighted by molar-refractivity contribution is -0.138. The number of alkyl halides is 6. The number of hydrogen-bond acceptors (Lipinski definition) is 2. The largest absolute Gasteiger partial charge is 0.416 e. The van der Waals surface area contributed by atoms with E-state index in [1.54, 1.807) is 12.1 Å². The lowest BCUT2D eigenvalue weighted by Gasteiger charge is -2.45. The number of allylic oxidation sites excluding steroid dienone is 5. The number of fused-ring (bicyclic) bond motifs is 2. The Balaban J connectivity index is 1.64. The summed E-state index contributed by atoms with van der Waals surface area (Å²) in [5.41, 5.74) is 1.49. The van der Waals surface area contributed by atoms with Crippen LogP contribution in [-0.2, 0) is 23.2 Å². The molecule has 2 aromatic carbocycles. The Morgan fingerprint density at radius 1 is 0.739 bits per heavy atom. The van der Waals surface area contributed by atoms with Crippen LogP contribution in [0.3, 0.4) is 0 Å². The van der Waals surface area contributed by atoms with E-state index in [0.717, 1.165) is 42.5 Å². The first-order valence-electron chi connectivity index (χ1n) is 16.3. The third-order valence-corrected chi connectivity index (χ3v) is 9.65. The van der Waals surface area contributed by atoms with Crippen LogP contribution >= 0.6 is 0 Å². The second-order valence-electron chi connectivity index (χ2n) is 14.7. The molecule has 46 heavy (non-hydrogen) atoms. The summed E-state index contributed by atoms with van der Waals surface area (Å²) in [5, 5.41) is 0. The summed E-state index contributed by atoms with van der Waals surface area (Å²) in [6.45, 7) is 18.6. The first-order valence-corrected chi connectivity index (χ1v) is 16.3. The summed E-state index contributed by atoms with van der Waals surface area (Å²) in [5.74, 6) is 0.852. The lowest BCUT2D eigenvalue weighted by Crippen LogP contribution is -2.45. The van der Waals surface area contributed by atoms with Gasteiger partial charge in [0.2, 0.25) is 0 Å². The van der Waals surface area contributed by atoms with Crippen molar-refractivity contribution in [3.63, 3.8) is 0 Å². The molecule has 2 aliphatic heterocycles. The fraction of sp³-hybridized carbons (Fsp3) is 0.526. The van der Waals surface area contributed by atoms with Crippen LogP contribution in [0.25, 0.3) is 0 Å². The zero-order valence-corrected chi connectivity index (χ0v) is 28.3. The van der Waals surface area contributed by atoms with Crippen molar-refractivity contribution in [3.05, 3.63) is 94.7 Å². The number of anilines is 2. The molecular formula is C38H48F6N2. The quantitative estimate of drug-likeness (QED) is 0.198. The molecule has 0 aliphatic carbocycles. The van der Waals surface area contributed by atoms with Crippen LogP contribution < -0.4 is 9.80 Å².